The highest BCUT2D eigenvalue weighted by Gasteiger charge is 2.61. The molecule has 1 aliphatic heterocycles. The Kier molecular flexibility index (Phi) is 3.59. The van der Waals surface area contributed by atoms with E-state index in [1.165, 1.54) is 6.92 Å². The minimum atomic E-state index is -0.762. The summed E-state index contributed by atoms with van der Waals surface area (Å²) in [6, 6.07) is 0. The molecule has 0 radical (unpaired) electrons. The first-order valence-electron chi connectivity index (χ1n) is 7.99. The van der Waals surface area contributed by atoms with E-state index in [1.54, 1.807) is 0 Å². The monoisotopic (exact) mass is 308 g/mol. The van der Waals surface area contributed by atoms with Gasteiger partial charge in [-0.15, -0.1) is 0 Å². The van der Waals surface area contributed by atoms with E-state index in [0.717, 1.165) is 18.4 Å². The Morgan fingerprint density at radius 1 is 1.50 bits per heavy atom. The van der Waals surface area contributed by atoms with Crippen LogP contribution in [0, 0.1) is 23.2 Å². The zero-order valence-corrected chi connectivity index (χ0v) is 13.4. The van der Waals surface area contributed by atoms with E-state index >= 15 is 0 Å². The third-order valence-electron chi connectivity index (χ3n) is 5.99. The average molecular weight is 308 g/mol. The summed E-state index contributed by atoms with van der Waals surface area (Å²) in [4.78, 5) is 23.2. The SMILES string of the molecule is C=C1C[C@H](OC(C)=O)[C@@H](O)[C@]2(C)CC[C@H]3[C@H](OC(=O)[C@H]3C)[C@@H]12. The molecule has 7 atom stereocenters. The maximum Gasteiger partial charge on any atom is 0.309 e. The summed E-state index contributed by atoms with van der Waals surface area (Å²) in [6.07, 6.45) is 0.511. The lowest BCUT2D eigenvalue weighted by Gasteiger charge is -2.54. The normalized spacial score (nSPS) is 47.5. The Balaban J connectivity index is 1.91. The summed E-state index contributed by atoms with van der Waals surface area (Å²) in [5, 5.41) is 10.8. The van der Waals surface area contributed by atoms with E-state index in [4.69, 9.17) is 9.47 Å². The Morgan fingerprint density at radius 3 is 2.82 bits per heavy atom. The number of aliphatic hydroxyl groups excluding tert-OH is 1. The van der Waals surface area contributed by atoms with E-state index in [2.05, 4.69) is 6.58 Å². The number of aliphatic hydroxyl groups is 1. The van der Waals surface area contributed by atoms with Gasteiger partial charge >= 0.3 is 11.9 Å². The largest absolute Gasteiger partial charge is 0.461 e. The first kappa shape index (κ1) is 15.5. The molecule has 0 spiro atoms. The third-order valence-corrected chi connectivity index (χ3v) is 5.99. The number of esters is 2. The van der Waals surface area contributed by atoms with Gasteiger partial charge in [0.05, 0.1) is 12.0 Å². The van der Waals surface area contributed by atoms with Crippen molar-refractivity contribution in [2.75, 3.05) is 0 Å². The van der Waals surface area contributed by atoms with Crippen molar-refractivity contribution >= 4 is 11.9 Å². The highest BCUT2D eigenvalue weighted by atomic mass is 16.6. The van der Waals surface area contributed by atoms with Gasteiger partial charge in [0.25, 0.3) is 0 Å². The van der Waals surface area contributed by atoms with Crippen molar-refractivity contribution in [3.8, 4) is 0 Å². The van der Waals surface area contributed by atoms with E-state index in [0.29, 0.717) is 6.42 Å². The first-order valence-corrected chi connectivity index (χ1v) is 7.99. The number of hydrogen-bond acceptors (Lipinski definition) is 5. The van der Waals surface area contributed by atoms with Crippen molar-refractivity contribution in [1.82, 2.24) is 0 Å². The molecule has 1 N–H and O–H groups in total. The Hall–Kier alpha value is -1.36. The molecule has 22 heavy (non-hydrogen) atoms. The van der Waals surface area contributed by atoms with Crippen LogP contribution in [0.25, 0.3) is 0 Å². The van der Waals surface area contributed by atoms with Crippen molar-refractivity contribution in [3.63, 3.8) is 0 Å². The summed E-state index contributed by atoms with van der Waals surface area (Å²) in [5.41, 5.74) is 0.441. The van der Waals surface area contributed by atoms with Crippen molar-refractivity contribution < 1.29 is 24.2 Å². The van der Waals surface area contributed by atoms with Crippen LogP contribution in [-0.2, 0) is 19.1 Å². The molecule has 1 heterocycles. The van der Waals surface area contributed by atoms with Crippen molar-refractivity contribution in [1.29, 1.82) is 0 Å². The van der Waals surface area contributed by atoms with E-state index < -0.39 is 23.6 Å². The quantitative estimate of drug-likeness (QED) is 0.591. The van der Waals surface area contributed by atoms with Crippen molar-refractivity contribution in [2.45, 2.75) is 58.3 Å². The van der Waals surface area contributed by atoms with Crippen LogP contribution < -0.4 is 0 Å². The number of fused-ring (bicyclic) bond motifs is 3. The van der Waals surface area contributed by atoms with Crippen molar-refractivity contribution in [2.24, 2.45) is 23.2 Å². The van der Waals surface area contributed by atoms with Gasteiger partial charge in [-0.25, -0.2) is 0 Å². The number of carbonyl (C=O) groups excluding carboxylic acids is 2. The van der Waals surface area contributed by atoms with Crippen LogP contribution in [-0.4, -0.2) is 35.4 Å². The van der Waals surface area contributed by atoms with E-state index in [-0.39, 0.29) is 29.8 Å². The number of hydrogen-bond donors (Lipinski definition) is 1. The average Bonchev–Trinajstić information content (AvgIpc) is 2.70. The van der Waals surface area contributed by atoms with Crippen LogP contribution in [0.1, 0.15) is 40.0 Å². The van der Waals surface area contributed by atoms with Gasteiger partial charge in [0.1, 0.15) is 12.2 Å². The molecule has 3 aliphatic rings. The summed E-state index contributed by atoms with van der Waals surface area (Å²) in [7, 11) is 0. The van der Waals surface area contributed by atoms with Gasteiger partial charge in [-0.05, 0) is 12.8 Å². The van der Waals surface area contributed by atoms with Crippen LogP contribution >= 0.6 is 0 Å². The molecule has 0 bridgehead atoms. The maximum atomic E-state index is 11.9. The van der Waals surface area contributed by atoms with Gasteiger partial charge in [-0.3, -0.25) is 9.59 Å². The summed E-state index contributed by atoms with van der Waals surface area (Å²) >= 11 is 0. The topological polar surface area (TPSA) is 72.8 Å². The molecule has 3 fully saturated rings. The van der Waals surface area contributed by atoms with Gasteiger partial charge in [0.15, 0.2) is 0 Å². The molecule has 0 amide bonds. The maximum absolute atomic E-state index is 11.9. The second-order valence-electron chi connectivity index (χ2n) is 7.33. The number of carbonyl (C=O) groups is 2. The molecule has 2 aliphatic carbocycles. The standard InChI is InChI=1S/C17H24O5/c1-8-7-12(21-10(3)18)15(19)17(4)6-5-11-9(2)16(20)22-14(11)13(8)17/h9,11-15,19H,1,5-7H2,2-4H3/t9-,11+,12-,13+,14-,15+,17+/m0/s1. The summed E-state index contributed by atoms with van der Waals surface area (Å²) in [5.74, 6) is -0.510. The number of rotatable bonds is 1. The van der Waals surface area contributed by atoms with Crippen molar-refractivity contribution in [3.05, 3.63) is 12.2 Å². The molecule has 1 saturated heterocycles. The fraction of sp³-hybridized carbons (Fsp3) is 0.765. The zero-order valence-electron chi connectivity index (χ0n) is 13.4. The van der Waals surface area contributed by atoms with E-state index in [9.17, 15) is 14.7 Å². The van der Waals surface area contributed by atoms with Crippen LogP contribution in [0.2, 0.25) is 0 Å². The molecule has 5 nitrogen and oxygen atoms in total. The smallest absolute Gasteiger partial charge is 0.309 e. The minimum Gasteiger partial charge on any atom is -0.461 e. The third kappa shape index (κ3) is 2.09. The molecular formula is C17H24O5. The van der Waals surface area contributed by atoms with Gasteiger partial charge < -0.3 is 14.6 Å². The molecule has 5 heteroatoms. The molecule has 3 rings (SSSR count). The fourth-order valence-corrected chi connectivity index (χ4v) is 4.80. The lowest BCUT2D eigenvalue weighted by atomic mass is 9.53. The first-order chi connectivity index (χ1) is 10.3. The minimum absolute atomic E-state index is 0.0676. The molecule has 2 saturated carbocycles. The molecule has 0 unspecified atom stereocenters. The van der Waals surface area contributed by atoms with E-state index in [1.807, 2.05) is 13.8 Å². The van der Waals surface area contributed by atoms with Gasteiger partial charge in [0, 0.05) is 30.6 Å². The molecule has 0 aromatic heterocycles. The van der Waals surface area contributed by atoms with Gasteiger partial charge in [-0.2, -0.15) is 0 Å². The molecule has 0 aromatic carbocycles. The Bertz CT molecular complexity index is 527. The Labute approximate surface area is 130 Å². The second-order valence-corrected chi connectivity index (χ2v) is 7.33. The fourth-order valence-electron chi connectivity index (χ4n) is 4.80. The lowest BCUT2D eigenvalue weighted by Crippen LogP contribution is -2.58. The summed E-state index contributed by atoms with van der Waals surface area (Å²) in [6.45, 7) is 9.41. The van der Waals surface area contributed by atoms with Gasteiger partial charge in [0.2, 0.25) is 0 Å². The summed E-state index contributed by atoms with van der Waals surface area (Å²) < 4.78 is 10.9. The molecule has 122 valence electrons. The predicted molar refractivity (Wildman–Crippen MR) is 78.7 cm³/mol. The van der Waals surface area contributed by atoms with Crippen LogP contribution in [0.15, 0.2) is 12.2 Å². The lowest BCUT2D eigenvalue weighted by molar-refractivity contribution is -0.180. The molecular weight excluding hydrogens is 284 g/mol. The second kappa shape index (κ2) is 5.08. The predicted octanol–water partition coefficient (Wildman–Crippen LogP) is 1.83. The number of ether oxygens (including phenoxy) is 2. The highest BCUT2D eigenvalue weighted by Crippen LogP contribution is 2.57. The zero-order chi connectivity index (χ0) is 16.2. The van der Waals surface area contributed by atoms with Crippen LogP contribution in [0.4, 0.5) is 0 Å². The highest BCUT2D eigenvalue weighted by molar-refractivity contribution is 5.75. The molecule has 0 aromatic rings. The van der Waals surface area contributed by atoms with Crippen LogP contribution in [0.3, 0.4) is 0 Å². The Morgan fingerprint density at radius 2 is 2.18 bits per heavy atom. The van der Waals surface area contributed by atoms with Crippen LogP contribution in [0.5, 0.6) is 0 Å². The van der Waals surface area contributed by atoms with Gasteiger partial charge in [-0.1, -0.05) is 26.0 Å².